The van der Waals surface area contributed by atoms with E-state index in [9.17, 15) is 9.18 Å². The Hall–Kier alpha value is -1.88. The van der Waals surface area contributed by atoms with Crippen LogP contribution in [0.25, 0.3) is 0 Å². The zero-order valence-electron chi connectivity index (χ0n) is 9.90. The Bertz CT molecular complexity index is 616. The van der Waals surface area contributed by atoms with E-state index in [0.717, 1.165) is 0 Å². The first-order valence-electron chi connectivity index (χ1n) is 5.53. The van der Waals surface area contributed by atoms with E-state index >= 15 is 0 Å². The average molecular weight is 324 g/mol. The van der Waals surface area contributed by atoms with E-state index in [1.54, 1.807) is 36.4 Å². The number of rotatable bonds is 3. The molecule has 2 rings (SSSR count). The summed E-state index contributed by atoms with van der Waals surface area (Å²) in [4.78, 5) is 11.8. The predicted molar refractivity (Wildman–Crippen MR) is 74.1 cm³/mol. The van der Waals surface area contributed by atoms with E-state index in [0.29, 0.717) is 21.3 Å². The largest absolute Gasteiger partial charge is 0.457 e. The van der Waals surface area contributed by atoms with Gasteiger partial charge in [0.05, 0.1) is 10.0 Å². The van der Waals surface area contributed by atoms with Gasteiger partial charge in [-0.2, -0.15) is 0 Å². The minimum atomic E-state index is -0.501. The Labute approximate surface area is 118 Å². The van der Waals surface area contributed by atoms with Gasteiger partial charge in [0.1, 0.15) is 12.4 Å². The van der Waals surface area contributed by atoms with Gasteiger partial charge in [0.25, 0.3) is 0 Å². The molecule has 2 N–H and O–H groups in total. The molecule has 2 aromatic rings. The highest BCUT2D eigenvalue weighted by Crippen LogP contribution is 2.18. The molecule has 0 atom stereocenters. The van der Waals surface area contributed by atoms with Crippen LogP contribution in [-0.2, 0) is 11.3 Å². The fourth-order valence-corrected chi connectivity index (χ4v) is 1.97. The van der Waals surface area contributed by atoms with Gasteiger partial charge in [-0.1, -0.05) is 18.2 Å². The maximum absolute atomic E-state index is 13.0. The van der Waals surface area contributed by atoms with Gasteiger partial charge in [-0.05, 0) is 45.8 Å². The molecule has 0 aromatic heterocycles. The molecule has 0 heterocycles. The summed E-state index contributed by atoms with van der Waals surface area (Å²) < 4.78 is 18.5. The number of ether oxygens (including phenoxy) is 1. The molecule has 98 valence electrons. The molecular weight excluding hydrogens is 313 g/mol. The lowest BCUT2D eigenvalue weighted by molar-refractivity contribution is 0.0474. The molecule has 0 aliphatic carbocycles. The van der Waals surface area contributed by atoms with Crippen molar-refractivity contribution in [1.82, 2.24) is 0 Å². The highest BCUT2D eigenvalue weighted by atomic mass is 79.9. The molecular formula is C14H11BrFNO2. The first-order valence-corrected chi connectivity index (χ1v) is 6.33. The van der Waals surface area contributed by atoms with Crippen LogP contribution >= 0.6 is 15.9 Å². The molecule has 2 aromatic carbocycles. The lowest BCUT2D eigenvalue weighted by atomic mass is 10.2. The summed E-state index contributed by atoms with van der Waals surface area (Å²) in [6.07, 6.45) is 0. The summed E-state index contributed by atoms with van der Waals surface area (Å²) >= 11 is 3.07. The van der Waals surface area contributed by atoms with Gasteiger partial charge in [-0.15, -0.1) is 0 Å². The summed E-state index contributed by atoms with van der Waals surface area (Å²) in [6, 6.07) is 11.1. The summed E-state index contributed by atoms with van der Waals surface area (Å²) in [5.74, 6) is -0.860. The van der Waals surface area contributed by atoms with E-state index in [4.69, 9.17) is 10.5 Å². The molecule has 0 aliphatic rings. The topological polar surface area (TPSA) is 52.3 Å². The van der Waals surface area contributed by atoms with Crippen molar-refractivity contribution < 1.29 is 13.9 Å². The van der Waals surface area contributed by atoms with Gasteiger partial charge >= 0.3 is 5.97 Å². The third-order valence-electron chi connectivity index (χ3n) is 2.53. The van der Waals surface area contributed by atoms with Crippen molar-refractivity contribution in [1.29, 1.82) is 0 Å². The van der Waals surface area contributed by atoms with Crippen LogP contribution in [0.2, 0.25) is 0 Å². The first-order chi connectivity index (χ1) is 9.08. The minimum Gasteiger partial charge on any atom is -0.457 e. The van der Waals surface area contributed by atoms with Crippen molar-refractivity contribution in [2.75, 3.05) is 5.73 Å². The molecule has 3 nitrogen and oxygen atoms in total. The second kappa shape index (κ2) is 5.84. The number of carbonyl (C=O) groups excluding carboxylic acids is 1. The van der Waals surface area contributed by atoms with Crippen LogP contribution in [0.5, 0.6) is 0 Å². The Kier molecular flexibility index (Phi) is 4.16. The van der Waals surface area contributed by atoms with Gasteiger partial charge in [-0.3, -0.25) is 0 Å². The van der Waals surface area contributed by atoms with Gasteiger partial charge < -0.3 is 10.5 Å². The zero-order valence-corrected chi connectivity index (χ0v) is 11.5. The standard InChI is InChI=1S/C14H11BrFNO2/c15-11-7-9(5-6-12(11)16)8-19-14(18)10-3-1-2-4-13(10)17/h1-7H,8,17H2. The minimum absolute atomic E-state index is 0.0616. The van der Waals surface area contributed by atoms with Crippen LogP contribution in [0.15, 0.2) is 46.9 Å². The normalized spacial score (nSPS) is 10.2. The summed E-state index contributed by atoms with van der Waals surface area (Å²) in [5, 5.41) is 0. The Morgan fingerprint density at radius 2 is 2.00 bits per heavy atom. The molecule has 0 unspecified atom stereocenters. The molecule has 0 fully saturated rings. The van der Waals surface area contributed by atoms with Crippen molar-refractivity contribution in [3.05, 3.63) is 63.9 Å². The van der Waals surface area contributed by atoms with E-state index in [-0.39, 0.29) is 12.4 Å². The number of anilines is 1. The first kappa shape index (κ1) is 13.5. The quantitative estimate of drug-likeness (QED) is 0.694. The van der Waals surface area contributed by atoms with Gasteiger partial charge in [-0.25, -0.2) is 9.18 Å². The zero-order chi connectivity index (χ0) is 13.8. The summed E-state index contributed by atoms with van der Waals surface area (Å²) in [6.45, 7) is 0.0616. The predicted octanol–water partition coefficient (Wildman–Crippen LogP) is 3.53. The SMILES string of the molecule is Nc1ccccc1C(=O)OCc1ccc(F)c(Br)c1. The fraction of sp³-hybridized carbons (Fsp3) is 0.0714. The number of esters is 1. The lowest BCUT2D eigenvalue weighted by Gasteiger charge is -2.07. The molecule has 0 bridgehead atoms. The number of carbonyl (C=O) groups is 1. The molecule has 0 saturated heterocycles. The Balaban J connectivity index is 2.04. The fourth-order valence-electron chi connectivity index (χ4n) is 1.54. The molecule has 0 spiro atoms. The van der Waals surface area contributed by atoms with Crippen LogP contribution in [0.3, 0.4) is 0 Å². The van der Waals surface area contributed by atoms with E-state index in [1.807, 2.05) is 0 Å². The maximum Gasteiger partial charge on any atom is 0.340 e. The van der Waals surface area contributed by atoms with E-state index < -0.39 is 5.97 Å². The van der Waals surface area contributed by atoms with Gasteiger partial charge in [0.15, 0.2) is 0 Å². The van der Waals surface area contributed by atoms with Crippen molar-refractivity contribution in [3.8, 4) is 0 Å². The van der Waals surface area contributed by atoms with E-state index in [1.165, 1.54) is 6.07 Å². The number of hydrogen-bond donors (Lipinski definition) is 1. The number of nitrogens with two attached hydrogens (primary N) is 1. The number of para-hydroxylation sites is 1. The Morgan fingerprint density at radius 3 is 2.68 bits per heavy atom. The molecule has 0 radical (unpaired) electrons. The van der Waals surface area contributed by atoms with Crippen molar-refractivity contribution in [2.45, 2.75) is 6.61 Å². The molecule has 5 heteroatoms. The number of benzene rings is 2. The van der Waals surface area contributed by atoms with Crippen molar-refractivity contribution in [2.24, 2.45) is 0 Å². The highest BCUT2D eigenvalue weighted by Gasteiger charge is 2.10. The van der Waals surface area contributed by atoms with Crippen LogP contribution in [0, 0.1) is 5.82 Å². The smallest absolute Gasteiger partial charge is 0.340 e. The lowest BCUT2D eigenvalue weighted by Crippen LogP contribution is -2.08. The molecule has 0 aliphatic heterocycles. The highest BCUT2D eigenvalue weighted by molar-refractivity contribution is 9.10. The monoisotopic (exact) mass is 323 g/mol. The van der Waals surface area contributed by atoms with E-state index in [2.05, 4.69) is 15.9 Å². The van der Waals surface area contributed by atoms with Crippen LogP contribution in [-0.4, -0.2) is 5.97 Å². The van der Waals surface area contributed by atoms with Crippen LogP contribution in [0.4, 0.5) is 10.1 Å². The van der Waals surface area contributed by atoms with Gasteiger partial charge in [0, 0.05) is 5.69 Å². The number of hydrogen-bond acceptors (Lipinski definition) is 3. The van der Waals surface area contributed by atoms with Gasteiger partial charge in [0.2, 0.25) is 0 Å². The average Bonchev–Trinajstić information content (AvgIpc) is 2.40. The summed E-state index contributed by atoms with van der Waals surface area (Å²) in [5.41, 5.74) is 7.06. The third kappa shape index (κ3) is 3.32. The number of nitrogen functional groups attached to an aromatic ring is 1. The van der Waals surface area contributed by atoms with Crippen molar-refractivity contribution in [3.63, 3.8) is 0 Å². The maximum atomic E-state index is 13.0. The molecule has 0 saturated carbocycles. The second-order valence-corrected chi connectivity index (χ2v) is 4.77. The van der Waals surface area contributed by atoms with Crippen LogP contribution in [0.1, 0.15) is 15.9 Å². The molecule has 0 amide bonds. The number of halogens is 2. The molecule has 19 heavy (non-hydrogen) atoms. The third-order valence-corrected chi connectivity index (χ3v) is 3.14. The van der Waals surface area contributed by atoms with Crippen LogP contribution < -0.4 is 5.73 Å². The summed E-state index contributed by atoms with van der Waals surface area (Å²) in [7, 11) is 0. The Morgan fingerprint density at radius 1 is 1.26 bits per heavy atom. The second-order valence-electron chi connectivity index (χ2n) is 3.91. The van der Waals surface area contributed by atoms with Crippen molar-refractivity contribution >= 4 is 27.6 Å².